The Kier molecular flexibility index (Phi) is 1.42. The van der Waals surface area contributed by atoms with Crippen molar-refractivity contribution in [1.82, 2.24) is 5.06 Å². The minimum Gasteiger partial charge on any atom is -0.745 e. The highest BCUT2D eigenvalue weighted by Crippen LogP contribution is 2.32. The van der Waals surface area contributed by atoms with Crippen molar-refractivity contribution >= 4 is 6.34 Å². The summed E-state index contributed by atoms with van der Waals surface area (Å²) in [7, 11) is 0. The molecule has 1 aliphatic heterocycles. The Balaban J connectivity index is 3.07. The monoisotopic (exact) mass is 156 g/mol. The van der Waals surface area contributed by atoms with Crippen molar-refractivity contribution in [3.63, 3.8) is 0 Å². The molecule has 0 spiro atoms. The molecule has 1 aliphatic rings. The molecule has 0 saturated heterocycles. The normalized spacial score (nSPS) is 27.0. The second kappa shape index (κ2) is 1.88. The van der Waals surface area contributed by atoms with Crippen LogP contribution in [0.25, 0.3) is 0 Å². The maximum atomic E-state index is 11.1. The first-order valence-corrected chi connectivity index (χ1v) is 3.51. The number of hydrogen-bond donors (Lipinski definition) is 0. The Labute approximate surface area is 66.3 Å². The summed E-state index contributed by atoms with van der Waals surface area (Å²) in [6.45, 7) is 6.91. The molecular formula is C7H12N2O2-. The highest BCUT2D eigenvalue weighted by Gasteiger charge is 2.48. The zero-order valence-electron chi connectivity index (χ0n) is 7.21. The van der Waals surface area contributed by atoms with Gasteiger partial charge in [-0.3, -0.25) is 0 Å². The Morgan fingerprint density at radius 1 is 1.36 bits per heavy atom. The van der Waals surface area contributed by atoms with Gasteiger partial charge in [-0.2, -0.15) is 0 Å². The van der Waals surface area contributed by atoms with Crippen LogP contribution in [0, 0.1) is 5.21 Å². The lowest BCUT2D eigenvalue weighted by Gasteiger charge is -2.39. The fraction of sp³-hybridized carbons (Fsp3) is 0.857. The van der Waals surface area contributed by atoms with Gasteiger partial charge in [-0.15, -0.1) is 0 Å². The lowest BCUT2D eigenvalue weighted by Crippen LogP contribution is -2.52. The molecule has 0 aromatic carbocycles. The first kappa shape index (κ1) is 8.33. The molecule has 63 valence electrons. The van der Waals surface area contributed by atoms with Crippen molar-refractivity contribution in [3.05, 3.63) is 5.21 Å². The second-order valence-electron chi connectivity index (χ2n) is 3.81. The van der Waals surface area contributed by atoms with E-state index in [9.17, 15) is 10.4 Å². The Morgan fingerprint density at radius 2 is 1.82 bits per heavy atom. The molecule has 0 atom stereocenters. The third-order valence-electron chi connectivity index (χ3n) is 2.69. The summed E-state index contributed by atoms with van der Waals surface area (Å²) in [6.07, 6.45) is 2.15. The minimum atomic E-state index is -0.700. The van der Waals surface area contributed by atoms with Gasteiger partial charge < -0.3 is 9.95 Å². The number of hydroxylamine groups is 3. The van der Waals surface area contributed by atoms with Crippen molar-refractivity contribution in [2.24, 2.45) is 0 Å². The van der Waals surface area contributed by atoms with Crippen molar-refractivity contribution in [1.29, 1.82) is 0 Å². The predicted molar refractivity (Wildman–Crippen MR) is 39.3 cm³/mol. The summed E-state index contributed by atoms with van der Waals surface area (Å²) in [5.74, 6) is 0. The first-order valence-electron chi connectivity index (χ1n) is 3.51. The van der Waals surface area contributed by atoms with Crippen molar-refractivity contribution in [3.8, 4) is 0 Å². The molecule has 0 saturated carbocycles. The van der Waals surface area contributed by atoms with Gasteiger partial charge in [0.15, 0.2) is 0 Å². The molecule has 0 bridgehead atoms. The van der Waals surface area contributed by atoms with Crippen LogP contribution in [0.5, 0.6) is 0 Å². The Bertz CT molecular complexity index is 208. The molecular weight excluding hydrogens is 144 g/mol. The Hall–Kier alpha value is -0.770. The summed E-state index contributed by atoms with van der Waals surface area (Å²) in [6, 6.07) is 0. The lowest BCUT2D eigenvalue weighted by atomic mass is 9.84. The van der Waals surface area contributed by atoms with Gasteiger partial charge in [-0.25, -0.2) is 5.06 Å². The van der Waals surface area contributed by atoms with Crippen LogP contribution in [-0.4, -0.2) is 27.2 Å². The van der Waals surface area contributed by atoms with Crippen LogP contribution in [-0.2, 0) is 5.21 Å². The van der Waals surface area contributed by atoms with E-state index in [1.54, 1.807) is 27.7 Å². The highest BCUT2D eigenvalue weighted by molar-refractivity contribution is 5.52. The molecule has 1 radical (unpaired) electrons. The van der Waals surface area contributed by atoms with Crippen molar-refractivity contribution in [2.75, 3.05) is 0 Å². The molecule has 0 fully saturated rings. The van der Waals surface area contributed by atoms with E-state index in [1.807, 2.05) is 0 Å². The van der Waals surface area contributed by atoms with E-state index >= 15 is 0 Å². The van der Waals surface area contributed by atoms with E-state index in [0.717, 1.165) is 0 Å². The van der Waals surface area contributed by atoms with Gasteiger partial charge in [0.2, 0.25) is 0 Å². The van der Waals surface area contributed by atoms with E-state index in [4.69, 9.17) is 0 Å². The molecule has 4 nitrogen and oxygen atoms in total. The van der Waals surface area contributed by atoms with Gasteiger partial charge in [0, 0.05) is 0 Å². The first-order chi connectivity index (χ1) is 4.80. The fourth-order valence-corrected chi connectivity index (χ4v) is 0.829. The Morgan fingerprint density at radius 3 is 1.91 bits per heavy atom. The molecule has 11 heavy (non-hydrogen) atoms. The maximum absolute atomic E-state index is 11.1. The highest BCUT2D eigenvalue weighted by atomic mass is 16.5. The summed E-state index contributed by atoms with van der Waals surface area (Å²) < 4.78 is 0.583. The molecule has 0 aromatic rings. The topological polar surface area (TPSA) is 49.2 Å². The summed E-state index contributed by atoms with van der Waals surface area (Å²) in [4.78, 5) is 0. The zero-order valence-corrected chi connectivity index (χ0v) is 7.21. The van der Waals surface area contributed by atoms with E-state index < -0.39 is 11.1 Å². The van der Waals surface area contributed by atoms with Gasteiger partial charge in [0.25, 0.3) is 0 Å². The largest absolute Gasteiger partial charge is 0.745 e. The fourth-order valence-electron chi connectivity index (χ4n) is 0.829. The smallest absolute Gasteiger partial charge is 0.140 e. The van der Waals surface area contributed by atoms with Crippen molar-refractivity contribution in [2.45, 2.75) is 38.8 Å². The zero-order chi connectivity index (χ0) is 8.86. The molecule has 0 amide bonds. The molecule has 0 N–H and O–H groups in total. The molecule has 0 aromatic heterocycles. The average molecular weight is 156 g/mol. The maximum Gasteiger partial charge on any atom is 0.140 e. The van der Waals surface area contributed by atoms with Crippen LogP contribution in [0.3, 0.4) is 0 Å². The van der Waals surface area contributed by atoms with Crippen LogP contribution in [0.2, 0.25) is 0 Å². The molecule has 0 aliphatic carbocycles. The SMILES string of the molecule is CC1(C)N([O])[C-]=[N+]([O-])C1(C)C. The van der Waals surface area contributed by atoms with Crippen LogP contribution in [0.4, 0.5) is 0 Å². The minimum absolute atomic E-state index is 0.583. The lowest BCUT2D eigenvalue weighted by molar-refractivity contribution is -0.536. The van der Waals surface area contributed by atoms with Gasteiger partial charge in [0.1, 0.15) is 11.1 Å². The van der Waals surface area contributed by atoms with Crippen molar-refractivity contribution < 1.29 is 9.95 Å². The van der Waals surface area contributed by atoms with Gasteiger partial charge in [-0.1, -0.05) is 6.34 Å². The number of rotatable bonds is 0. The molecule has 4 heteroatoms. The van der Waals surface area contributed by atoms with E-state index in [1.165, 1.54) is 0 Å². The number of hydrogen-bond acceptors (Lipinski definition) is 2. The quantitative estimate of drug-likeness (QED) is 0.293. The van der Waals surface area contributed by atoms with E-state index in [2.05, 4.69) is 6.34 Å². The molecule has 1 heterocycles. The van der Waals surface area contributed by atoms with E-state index in [-0.39, 0.29) is 0 Å². The predicted octanol–water partition coefficient (Wildman–Crippen LogP) is 0.620. The van der Waals surface area contributed by atoms with Crippen LogP contribution in [0.15, 0.2) is 0 Å². The van der Waals surface area contributed by atoms with Gasteiger partial charge in [-0.05, 0) is 32.9 Å². The van der Waals surface area contributed by atoms with E-state index in [0.29, 0.717) is 9.80 Å². The molecule has 0 unspecified atom stereocenters. The average Bonchev–Trinajstić information content (AvgIpc) is 1.95. The van der Waals surface area contributed by atoms with Gasteiger partial charge in [0.05, 0.1) is 0 Å². The summed E-state index contributed by atoms with van der Waals surface area (Å²) in [5.41, 5.74) is -1.40. The molecule has 1 rings (SSSR count). The van der Waals surface area contributed by atoms with Crippen LogP contribution < -0.4 is 0 Å². The second-order valence-corrected chi connectivity index (χ2v) is 3.81. The van der Waals surface area contributed by atoms with Crippen LogP contribution in [0.1, 0.15) is 27.7 Å². The third-order valence-corrected chi connectivity index (χ3v) is 2.69. The van der Waals surface area contributed by atoms with Crippen LogP contribution >= 0.6 is 0 Å². The summed E-state index contributed by atoms with van der Waals surface area (Å²) >= 11 is 0. The van der Waals surface area contributed by atoms with Gasteiger partial charge >= 0.3 is 0 Å². The standard InChI is InChI=1S/C7H12N2O2/c1-6(2)7(3,4)9(11)5-8(6)10/h1-4H3/q-1. The third kappa shape index (κ3) is 0.822. The number of nitrogens with zero attached hydrogens (tertiary/aromatic N) is 2. The summed E-state index contributed by atoms with van der Waals surface area (Å²) in [5, 5.41) is 22.8.